The summed E-state index contributed by atoms with van der Waals surface area (Å²) in [5.74, 6) is -0.450. The van der Waals surface area contributed by atoms with E-state index >= 15 is 0 Å². The SMILES string of the molecule is CNC1=CC(=O)C(OC)=CC1=O. The maximum Gasteiger partial charge on any atom is 0.222 e. The van der Waals surface area contributed by atoms with Crippen molar-refractivity contribution in [1.29, 1.82) is 0 Å². The first-order valence-electron chi connectivity index (χ1n) is 3.43. The minimum Gasteiger partial charge on any atom is -0.493 e. The zero-order chi connectivity index (χ0) is 9.14. The van der Waals surface area contributed by atoms with E-state index in [4.69, 9.17) is 0 Å². The Hall–Kier alpha value is -1.58. The van der Waals surface area contributed by atoms with Crippen molar-refractivity contribution in [3.8, 4) is 0 Å². The first kappa shape index (κ1) is 8.52. The molecular formula is C8H9NO3. The summed E-state index contributed by atoms with van der Waals surface area (Å²) in [6, 6.07) is 0. The molecule has 1 aliphatic rings. The molecule has 0 aromatic heterocycles. The molecule has 0 aromatic rings. The molecule has 4 heteroatoms. The lowest BCUT2D eigenvalue weighted by Crippen LogP contribution is -2.21. The average Bonchev–Trinajstić information content (AvgIpc) is 2.08. The molecule has 0 atom stereocenters. The zero-order valence-corrected chi connectivity index (χ0v) is 6.88. The highest BCUT2D eigenvalue weighted by molar-refractivity contribution is 6.18. The van der Waals surface area contributed by atoms with Gasteiger partial charge in [-0.05, 0) is 0 Å². The van der Waals surface area contributed by atoms with Gasteiger partial charge in [0.1, 0.15) is 0 Å². The summed E-state index contributed by atoms with van der Waals surface area (Å²) in [5, 5.41) is 2.62. The second-order valence-corrected chi connectivity index (χ2v) is 2.25. The van der Waals surface area contributed by atoms with E-state index in [1.54, 1.807) is 7.05 Å². The number of rotatable bonds is 2. The molecule has 0 unspecified atom stereocenters. The highest BCUT2D eigenvalue weighted by atomic mass is 16.5. The van der Waals surface area contributed by atoms with Crippen molar-refractivity contribution in [1.82, 2.24) is 5.32 Å². The lowest BCUT2D eigenvalue weighted by Gasteiger charge is -2.09. The summed E-state index contributed by atoms with van der Waals surface area (Å²) in [4.78, 5) is 22.2. The van der Waals surface area contributed by atoms with Crippen LogP contribution in [0.15, 0.2) is 23.6 Å². The fourth-order valence-corrected chi connectivity index (χ4v) is 0.896. The molecule has 64 valence electrons. The number of ketones is 2. The molecule has 0 heterocycles. The van der Waals surface area contributed by atoms with E-state index in [0.29, 0.717) is 5.70 Å². The molecule has 0 radical (unpaired) electrons. The van der Waals surface area contributed by atoms with Gasteiger partial charge in [0.05, 0.1) is 12.8 Å². The third-order valence-electron chi connectivity index (χ3n) is 1.54. The van der Waals surface area contributed by atoms with E-state index in [2.05, 4.69) is 10.1 Å². The average molecular weight is 167 g/mol. The van der Waals surface area contributed by atoms with Crippen molar-refractivity contribution >= 4 is 11.6 Å². The van der Waals surface area contributed by atoms with E-state index < -0.39 is 0 Å². The molecule has 1 N–H and O–H groups in total. The molecule has 0 amide bonds. The molecule has 4 nitrogen and oxygen atoms in total. The molecule has 0 fully saturated rings. The number of methoxy groups -OCH3 is 1. The fraction of sp³-hybridized carbons (Fsp3) is 0.250. The van der Waals surface area contributed by atoms with Gasteiger partial charge < -0.3 is 10.1 Å². The highest BCUT2D eigenvalue weighted by Gasteiger charge is 2.19. The normalized spacial score (nSPS) is 16.8. The molecule has 0 spiro atoms. The van der Waals surface area contributed by atoms with Crippen LogP contribution < -0.4 is 5.32 Å². The lowest BCUT2D eigenvalue weighted by atomic mass is 10.1. The van der Waals surface area contributed by atoms with Gasteiger partial charge in [0.15, 0.2) is 5.76 Å². The first-order chi connectivity index (χ1) is 5.69. The molecule has 0 saturated heterocycles. The Labute approximate surface area is 69.9 Å². The van der Waals surface area contributed by atoms with Crippen LogP contribution in [-0.2, 0) is 14.3 Å². The number of likely N-dealkylation sites (N-methyl/N-ethyl adjacent to an activating group) is 1. The molecule has 0 aromatic carbocycles. The van der Waals surface area contributed by atoms with E-state index in [-0.39, 0.29) is 17.3 Å². The van der Waals surface area contributed by atoms with Gasteiger partial charge in [-0.25, -0.2) is 0 Å². The Balaban J connectivity index is 2.94. The molecule has 1 rings (SSSR count). The van der Waals surface area contributed by atoms with Crippen LogP contribution in [0, 0.1) is 0 Å². The van der Waals surface area contributed by atoms with Crippen LogP contribution in [0.3, 0.4) is 0 Å². The smallest absolute Gasteiger partial charge is 0.222 e. The van der Waals surface area contributed by atoms with E-state index in [0.717, 1.165) is 0 Å². The Morgan fingerprint density at radius 2 is 1.92 bits per heavy atom. The Kier molecular flexibility index (Phi) is 2.28. The standard InChI is InChI=1S/C8H9NO3/c1-9-5-3-7(11)8(12-2)4-6(5)10/h3-4,9H,1-2H3. The van der Waals surface area contributed by atoms with E-state index in [1.165, 1.54) is 19.3 Å². The van der Waals surface area contributed by atoms with E-state index in [1.807, 2.05) is 0 Å². The topological polar surface area (TPSA) is 55.4 Å². The third kappa shape index (κ3) is 1.37. The van der Waals surface area contributed by atoms with Crippen molar-refractivity contribution in [3.05, 3.63) is 23.6 Å². The van der Waals surface area contributed by atoms with Gasteiger partial charge in [-0.15, -0.1) is 0 Å². The lowest BCUT2D eigenvalue weighted by molar-refractivity contribution is -0.117. The summed E-state index contributed by atoms with van der Waals surface area (Å²) in [7, 11) is 2.94. The second-order valence-electron chi connectivity index (χ2n) is 2.25. The van der Waals surface area contributed by atoms with Gasteiger partial charge in [-0.3, -0.25) is 9.59 Å². The van der Waals surface area contributed by atoms with Gasteiger partial charge in [0.2, 0.25) is 11.6 Å². The van der Waals surface area contributed by atoms with Crippen LogP contribution in [0.25, 0.3) is 0 Å². The van der Waals surface area contributed by atoms with Crippen molar-refractivity contribution in [3.63, 3.8) is 0 Å². The molecule has 0 bridgehead atoms. The predicted molar refractivity (Wildman–Crippen MR) is 42.2 cm³/mol. The van der Waals surface area contributed by atoms with Crippen LogP contribution in [0.1, 0.15) is 0 Å². The second kappa shape index (κ2) is 3.21. The summed E-state index contributed by atoms with van der Waals surface area (Å²) < 4.78 is 4.69. The van der Waals surface area contributed by atoms with Gasteiger partial charge in [-0.1, -0.05) is 0 Å². The molecular weight excluding hydrogens is 158 g/mol. The fourth-order valence-electron chi connectivity index (χ4n) is 0.896. The van der Waals surface area contributed by atoms with Gasteiger partial charge in [0.25, 0.3) is 0 Å². The first-order valence-corrected chi connectivity index (χ1v) is 3.43. The summed E-state index contributed by atoms with van der Waals surface area (Å²) in [5.41, 5.74) is 0.292. The van der Waals surface area contributed by atoms with Crippen LogP contribution in [-0.4, -0.2) is 25.7 Å². The van der Waals surface area contributed by atoms with Gasteiger partial charge in [0, 0.05) is 19.2 Å². The highest BCUT2D eigenvalue weighted by Crippen LogP contribution is 2.09. The quantitative estimate of drug-likeness (QED) is 0.577. The monoisotopic (exact) mass is 167 g/mol. The van der Waals surface area contributed by atoms with Crippen molar-refractivity contribution in [2.75, 3.05) is 14.2 Å². The Morgan fingerprint density at radius 3 is 2.42 bits per heavy atom. The number of carbonyl (C=O) groups is 2. The van der Waals surface area contributed by atoms with Crippen LogP contribution in [0.5, 0.6) is 0 Å². The number of carbonyl (C=O) groups excluding carboxylic acids is 2. The van der Waals surface area contributed by atoms with Crippen LogP contribution in [0.4, 0.5) is 0 Å². The number of ether oxygens (including phenoxy) is 1. The minimum atomic E-state index is -0.290. The number of hydrogen-bond acceptors (Lipinski definition) is 4. The molecule has 1 aliphatic carbocycles. The summed E-state index contributed by atoms with van der Waals surface area (Å²) >= 11 is 0. The molecule has 12 heavy (non-hydrogen) atoms. The van der Waals surface area contributed by atoms with Crippen molar-refractivity contribution < 1.29 is 14.3 Å². The molecule has 0 aliphatic heterocycles. The largest absolute Gasteiger partial charge is 0.493 e. The van der Waals surface area contributed by atoms with Crippen LogP contribution in [0.2, 0.25) is 0 Å². The third-order valence-corrected chi connectivity index (χ3v) is 1.54. The van der Waals surface area contributed by atoms with Crippen LogP contribution >= 0.6 is 0 Å². The predicted octanol–water partition coefficient (Wildman–Crippen LogP) is -0.228. The minimum absolute atomic E-state index is 0.0824. The van der Waals surface area contributed by atoms with Gasteiger partial charge in [-0.2, -0.15) is 0 Å². The number of hydrogen-bond donors (Lipinski definition) is 1. The van der Waals surface area contributed by atoms with Gasteiger partial charge >= 0.3 is 0 Å². The zero-order valence-electron chi connectivity index (χ0n) is 6.88. The van der Waals surface area contributed by atoms with E-state index in [9.17, 15) is 9.59 Å². The number of nitrogens with one attached hydrogen (secondary N) is 1. The summed E-state index contributed by atoms with van der Waals surface area (Å²) in [6.45, 7) is 0. The van der Waals surface area contributed by atoms with Crippen molar-refractivity contribution in [2.24, 2.45) is 0 Å². The number of allylic oxidation sites excluding steroid dienone is 2. The molecule has 0 saturated carbocycles. The Bertz CT molecular complexity index is 259. The van der Waals surface area contributed by atoms with Crippen molar-refractivity contribution in [2.45, 2.75) is 0 Å². The summed E-state index contributed by atoms with van der Waals surface area (Å²) in [6.07, 6.45) is 2.40. The Morgan fingerprint density at radius 1 is 1.25 bits per heavy atom. The maximum absolute atomic E-state index is 11.1. The maximum atomic E-state index is 11.1.